The average Bonchev–Trinajstić information content (AvgIpc) is 2.38. The molecule has 0 saturated carbocycles. The summed E-state index contributed by atoms with van der Waals surface area (Å²) in [5, 5.41) is 0. The normalized spacial score (nSPS) is 10.0. The van der Waals surface area contributed by atoms with Gasteiger partial charge in [-0.2, -0.15) is 0 Å². The van der Waals surface area contributed by atoms with Gasteiger partial charge in [-0.25, -0.2) is 0 Å². The minimum atomic E-state index is -0.576. The van der Waals surface area contributed by atoms with Crippen molar-refractivity contribution in [3.8, 4) is 5.75 Å². The van der Waals surface area contributed by atoms with E-state index in [1.165, 1.54) is 0 Å². The minimum absolute atomic E-state index is 0.152. The molecule has 2 aromatic carbocycles. The van der Waals surface area contributed by atoms with Gasteiger partial charge in [0.2, 0.25) is 5.91 Å². The predicted molar refractivity (Wildman–Crippen MR) is 69.0 cm³/mol. The van der Waals surface area contributed by atoms with Crippen LogP contribution in [0.3, 0.4) is 0 Å². The zero-order valence-corrected chi connectivity index (χ0v) is 9.93. The van der Waals surface area contributed by atoms with Crippen LogP contribution in [0.2, 0.25) is 0 Å². The van der Waals surface area contributed by atoms with Crippen molar-refractivity contribution in [3.05, 3.63) is 65.7 Å². The number of nitrogens with one attached hydrogen (secondary N) is 1. The van der Waals surface area contributed by atoms with Crippen molar-refractivity contribution in [1.29, 1.82) is 0 Å². The van der Waals surface area contributed by atoms with Gasteiger partial charge in [0, 0.05) is 0 Å². The van der Waals surface area contributed by atoms with Crippen molar-refractivity contribution in [2.45, 2.75) is 13.0 Å². The summed E-state index contributed by atoms with van der Waals surface area (Å²) in [6.07, 6.45) is 0.152. The molecule has 0 bridgehead atoms. The van der Waals surface area contributed by atoms with Crippen LogP contribution < -0.4 is 10.5 Å². The Morgan fingerprint density at radius 2 is 1.61 bits per heavy atom. The number of hydrogen-bond donors (Lipinski definition) is 0. The molecule has 0 aromatic heterocycles. The average molecular weight is 240 g/mol. The molecule has 0 saturated heterocycles. The molecule has 1 N–H and O–H groups in total. The second kappa shape index (κ2) is 5.87. The Morgan fingerprint density at radius 1 is 0.944 bits per heavy atom. The third-order valence-corrected chi connectivity index (χ3v) is 2.54. The van der Waals surface area contributed by atoms with E-state index < -0.39 is 5.91 Å². The third kappa shape index (κ3) is 3.63. The summed E-state index contributed by atoms with van der Waals surface area (Å²) in [5.74, 6) is 0.188. The Morgan fingerprint density at radius 3 is 2.22 bits per heavy atom. The van der Waals surface area contributed by atoms with Crippen molar-refractivity contribution in [2.24, 2.45) is 0 Å². The molecular weight excluding hydrogens is 226 g/mol. The molecule has 2 aromatic rings. The Bertz CT molecular complexity index is 506. The van der Waals surface area contributed by atoms with Crippen molar-refractivity contribution < 1.29 is 9.53 Å². The summed E-state index contributed by atoms with van der Waals surface area (Å²) in [5.41, 5.74) is 8.84. The Kier molecular flexibility index (Phi) is 3.97. The zero-order chi connectivity index (χ0) is 12.8. The van der Waals surface area contributed by atoms with E-state index in [0.717, 1.165) is 16.9 Å². The lowest BCUT2D eigenvalue weighted by atomic mass is 10.1. The molecule has 3 heteroatoms. The first-order chi connectivity index (χ1) is 8.74. The molecule has 0 unspecified atom stereocenters. The Labute approximate surface area is 106 Å². The van der Waals surface area contributed by atoms with Crippen LogP contribution in [0.15, 0.2) is 54.6 Å². The number of benzene rings is 2. The first-order valence-corrected chi connectivity index (χ1v) is 5.74. The summed E-state index contributed by atoms with van der Waals surface area (Å²) in [7, 11) is 0. The fraction of sp³-hybridized carbons (Fsp3) is 0.133. The lowest BCUT2D eigenvalue weighted by Gasteiger charge is -2.06. The number of carbonyl (C=O) groups excluding carboxylic acids is 1. The van der Waals surface area contributed by atoms with Gasteiger partial charge in [-0.1, -0.05) is 42.5 Å². The standard InChI is InChI=1S/C15H14NO2/c16-15(17)10-12-6-8-14(9-7-12)18-11-13-4-2-1-3-5-13/h1-9,16H,10-11H2. The molecule has 0 heterocycles. The predicted octanol–water partition coefficient (Wildman–Crippen LogP) is 2.62. The van der Waals surface area contributed by atoms with Crippen molar-refractivity contribution in [3.63, 3.8) is 0 Å². The molecule has 0 fully saturated rings. The van der Waals surface area contributed by atoms with Gasteiger partial charge < -0.3 is 4.74 Å². The number of carbonyl (C=O) groups is 1. The Balaban J connectivity index is 1.92. The summed E-state index contributed by atoms with van der Waals surface area (Å²) in [6.45, 7) is 0.525. The maximum Gasteiger partial charge on any atom is 0.242 e. The van der Waals surface area contributed by atoms with E-state index in [9.17, 15) is 4.79 Å². The van der Waals surface area contributed by atoms with Crippen LogP contribution in [0.1, 0.15) is 11.1 Å². The lowest BCUT2D eigenvalue weighted by molar-refractivity contribution is -0.118. The van der Waals surface area contributed by atoms with Crippen LogP contribution in [-0.4, -0.2) is 5.91 Å². The van der Waals surface area contributed by atoms with Gasteiger partial charge in [0.1, 0.15) is 12.4 Å². The van der Waals surface area contributed by atoms with E-state index in [4.69, 9.17) is 10.5 Å². The fourth-order valence-corrected chi connectivity index (χ4v) is 1.63. The molecule has 18 heavy (non-hydrogen) atoms. The van der Waals surface area contributed by atoms with Crippen LogP contribution in [0.25, 0.3) is 0 Å². The van der Waals surface area contributed by atoms with E-state index in [-0.39, 0.29) is 6.42 Å². The largest absolute Gasteiger partial charge is 0.489 e. The van der Waals surface area contributed by atoms with Crippen LogP contribution in [0.5, 0.6) is 5.75 Å². The second-order valence-electron chi connectivity index (χ2n) is 4.02. The van der Waals surface area contributed by atoms with Crippen LogP contribution >= 0.6 is 0 Å². The first-order valence-electron chi connectivity index (χ1n) is 5.74. The maximum absolute atomic E-state index is 10.6. The van der Waals surface area contributed by atoms with Crippen molar-refractivity contribution in [1.82, 2.24) is 5.73 Å². The van der Waals surface area contributed by atoms with E-state index >= 15 is 0 Å². The van der Waals surface area contributed by atoms with Gasteiger partial charge in [-0.3, -0.25) is 10.5 Å². The Hall–Kier alpha value is -2.29. The first kappa shape index (κ1) is 12.2. The molecule has 1 amide bonds. The molecule has 1 radical (unpaired) electrons. The number of rotatable bonds is 5. The van der Waals surface area contributed by atoms with Gasteiger partial charge in [-0.15, -0.1) is 0 Å². The van der Waals surface area contributed by atoms with Crippen LogP contribution in [0, 0.1) is 0 Å². The molecule has 2 rings (SSSR count). The molecule has 0 spiro atoms. The number of ether oxygens (including phenoxy) is 1. The van der Waals surface area contributed by atoms with Gasteiger partial charge in [0.15, 0.2) is 0 Å². The number of amides is 1. The van der Waals surface area contributed by atoms with Gasteiger partial charge >= 0.3 is 0 Å². The molecule has 91 valence electrons. The van der Waals surface area contributed by atoms with Gasteiger partial charge in [-0.05, 0) is 23.3 Å². The van der Waals surface area contributed by atoms with E-state index in [0.29, 0.717) is 6.61 Å². The highest BCUT2D eigenvalue weighted by Crippen LogP contribution is 2.14. The molecule has 0 atom stereocenters. The van der Waals surface area contributed by atoms with Gasteiger partial charge in [0.25, 0.3) is 0 Å². The van der Waals surface area contributed by atoms with Crippen LogP contribution in [0.4, 0.5) is 0 Å². The van der Waals surface area contributed by atoms with Gasteiger partial charge in [0.05, 0.1) is 6.42 Å². The summed E-state index contributed by atoms with van der Waals surface area (Å²) >= 11 is 0. The molecule has 3 nitrogen and oxygen atoms in total. The van der Waals surface area contributed by atoms with E-state index in [1.807, 2.05) is 54.6 Å². The topological polar surface area (TPSA) is 50.1 Å². The summed E-state index contributed by atoms with van der Waals surface area (Å²) in [6, 6.07) is 17.2. The van der Waals surface area contributed by atoms with E-state index in [2.05, 4.69) is 0 Å². The fourth-order valence-electron chi connectivity index (χ4n) is 1.63. The smallest absolute Gasteiger partial charge is 0.242 e. The SMILES string of the molecule is [NH]C(=O)Cc1ccc(OCc2ccccc2)cc1. The minimum Gasteiger partial charge on any atom is -0.489 e. The summed E-state index contributed by atoms with van der Waals surface area (Å²) in [4.78, 5) is 10.6. The highest BCUT2D eigenvalue weighted by Gasteiger charge is 2.00. The maximum atomic E-state index is 10.6. The molecule has 0 aliphatic heterocycles. The summed E-state index contributed by atoms with van der Waals surface area (Å²) < 4.78 is 5.62. The molecule has 0 aliphatic carbocycles. The highest BCUT2D eigenvalue weighted by atomic mass is 16.5. The zero-order valence-electron chi connectivity index (χ0n) is 9.93. The lowest BCUT2D eigenvalue weighted by Crippen LogP contribution is -2.02. The molecule has 0 aliphatic rings. The molecular formula is C15H14NO2. The monoisotopic (exact) mass is 240 g/mol. The van der Waals surface area contributed by atoms with E-state index in [1.54, 1.807) is 0 Å². The van der Waals surface area contributed by atoms with Crippen LogP contribution in [-0.2, 0) is 17.8 Å². The quantitative estimate of drug-likeness (QED) is 0.806. The van der Waals surface area contributed by atoms with Crippen molar-refractivity contribution in [2.75, 3.05) is 0 Å². The number of hydrogen-bond acceptors (Lipinski definition) is 2. The highest BCUT2D eigenvalue weighted by molar-refractivity contribution is 5.75. The third-order valence-electron chi connectivity index (χ3n) is 2.54. The second-order valence-corrected chi connectivity index (χ2v) is 4.02. The van der Waals surface area contributed by atoms with Crippen molar-refractivity contribution >= 4 is 5.91 Å².